The van der Waals surface area contributed by atoms with E-state index in [9.17, 15) is 9.59 Å². The van der Waals surface area contributed by atoms with Crippen LogP contribution in [0.4, 0.5) is 5.69 Å². The van der Waals surface area contributed by atoms with Gasteiger partial charge in [0.2, 0.25) is 6.79 Å². The van der Waals surface area contributed by atoms with E-state index in [0.29, 0.717) is 28.7 Å². The number of nitrogens with one attached hydrogen (secondary N) is 1. The van der Waals surface area contributed by atoms with Gasteiger partial charge >= 0.3 is 5.97 Å². The summed E-state index contributed by atoms with van der Waals surface area (Å²) in [6.07, 6.45) is -0.996. The van der Waals surface area contributed by atoms with Crippen LogP contribution in [0.2, 0.25) is 0 Å². The average Bonchev–Trinajstić information content (AvgIpc) is 3.14. The topological polar surface area (TPSA) is 92.3 Å². The van der Waals surface area contributed by atoms with Crippen molar-refractivity contribution >= 4 is 17.6 Å². The van der Waals surface area contributed by atoms with Gasteiger partial charge in [0.15, 0.2) is 35.7 Å². The molecule has 8 heteroatoms. The lowest BCUT2D eigenvalue weighted by molar-refractivity contribution is -0.155. The average molecular weight is 373 g/mol. The van der Waals surface area contributed by atoms with Crippen molar-refractivity contribution in [2.45, 2.75) is 13.0 Å². The van der Waals surface area contributed by atoms with Crippen LogP contribution in [0.1, 0.15) is 6.92 Å². The van der Waals surface area contributed by atoms with Gasteiger partial charge in [-0.05, 0) is 31.2 Å². The molecule has 1 amide bonds. The van der Waals surface area contributed by atoms with Gasteiger partial charge in [-0.2, -0.15) is 0 Å². The maximum atomic E-state index is 12.2. The van der Waals surface area contributed by atoms with Gasteiger partial charge in [-0.3, -0.25) is 4.79 Å². The lowest BCUT2D eigenvalue weighted by Crippen LogP contribution is -2.31. The summed E-state index contributed by atoms with van der Waals surface area (Å²) in [6, 6.07) is 11.9. The summed E-state index contributed by atoms with van der Waals surface area (Å²) in [6.45, 7) is 1.28. The first-order chi connectivity index (χ1) is 13.1. The molecule has 2 aromatic rings. The summed E-state index contributed by atoms with van der Waals surface area (Å²) in [5.41, 5.74) is 0.512. The van der Waals surface area contributed by atoms with Gasteiger partial charge in [0.25, 0.3) is 5.91 Å². The molecule has 2 aromatic carbocycles. The molecular weight excluding hydrogens is 354 g/mol. The maximum Gasteiger partial charge on any atom is 0.344 e. The minimum atomic E-state index is -0.996. The number of hydrogen-bond donors (Lipinski definition) is 1. The number of methoxy groups -OCH3 is 1. The van der Waals surface area contributed by atoms with Crippen LogP contribution < -0.4 is 24.3 Å². The Bertz CT molecular complexity index is 837. The van der Waals surface area contributed by atoms with Crippen molar-refractivity contribution < 1.29 is 33.3 Å². The van der Waals surface area contributed by atoms with E-state index >= 15 is 0 Å². The van der Waals surface area contributed by atoms with Crippen LogP contribution in [0.3, 0.4) is 0 Å². The third-order valence-electron chi connectivity index (χ3n) is 3.73. The maximum absolute atomic E-state index is 12.2. The highest BCUT2D eigenvalue weighted by atomic mass is 16.7. The molecule has 1 aliphatic heterocycles. The first kappa shape index (κ1) is 18.4. The highest BCUT2D eigenvalue weighted by Crippen LogP contribution is 2.34. The minimum Gasteiger partial charge on any atom is -0.493 e. The molecule has 0 bridgehead atoms. The van der Waals surface area contributed by atoms with E-state index < -0.39 is 18.0 Å². The summed E-state index contributed by atoms with van der Waals surface area (Å²) < 4.78 is 26.1. The number of fused-ring (bicyclic) bond motifs is 1. The molecule has 142 valence electrons. The molecule has 0 aliphatic carbocycles. The smallest absolute Gasteiger partial charge is 0.344 e. The van der Waals surface area contributed by atoms with Crippen molar-refractivity contribution in [2.75, 3.05) is 25.8 Å². The van der Waals surface area contributed by atoms with Crippen molar-refractivity contribution in [3.63, 3.8) is 0 Å². The number of amides is 1. The van der Waals surface area contributed by atoms with Gasteiger partial charge in [0.05, 0.1) is 7.11 Å². The Morgan fingerprint density at radius 3 is 2.63 bits per heavy atom. The Balaban J connectivity index is 1.49. The third-order valence-corrected chi connectivity index (χ3v) is 3.73. The van der Waals surface area contributed by atoms with Crippen molar-refractivity contribution in [3.8, 4) is 23.0 Å². The second kappa shape index (κ2) is 8.31. The molecule has 0 saturated carbocycles. The molecule has 8 nitrogen and oxygen atoms in total. The normalized spacial score (nSPS) is 12.8. The van der Waals surface area contributed by atoms with Crippen LogP contribution in [0.5, 0.6) is 23.0 Å². The molecule has 1 heterocycles. The third kappa shape index (κ3) is 4.60. The minimum absolute atomic E-state index is 0.146. The molecule has 0 unspecified atom stereocenters. The van der Waals surface area contributed by atoms with Gasteiger partial charge in [0, 0.05) is 11.8 Å². The summed E-state index contributed by atoms with van der Waals surface area (Å²) >= 11 is 0. The zero-order chi connectivity index (χ0) is 19.2. The fourth-order valence-electron chi connectivity index (χ4n) is 2.38. The van der Waals surface area contributed by atoms with Gasteiger partial charge in [-0.25, -0.2) is 4.79 Å². The van der Waals surface area contributed by atoms with Crippen molar-refractivity contribution in [3.05, 3.63) is 42.5 Å². The van der Waals surface area contributed by atoms with Crippen LogP contribution >= 0.6 is 0 Å². The van der Waals surface area contributed by atoms with Crippen LogP contribution in [-0.4, -0.2) is 38.5 Å². The molecule has 0 aromatic heterocycles. The Morgan fingerprint density at radius 2 is 1.85 bits per heavy atom. The number of hydrogen-bond acceptors (Lipinski definition) is 7. The molecule has 1 N–H and O–H groups in total. The van der Waals surface area contributed by atoms with Gasteiger partial charge < -0.3 is 29.0 Å². The Morgan fingerprint density at radius 1 is 1.11 bits per heavy atom. The van der Waals surface area contributed by atoms with Crippen LogP contribution in [0.25, 0.3) is 0 Å². The fourth-order valence-corrected chi connectivity index (χ4v) is 2.38. The molecule has 0 radical (unpaired) electrons. The first-order valence-corrected chi connectivity index (χ1v) is 8.22. The molecule has 1 aliphatic rings. The Kier molecular flexibility index (Phi) is 5.65. The van der Waals surface area contributed by atoms with E-state index in [1.165, 1.54) is 14.0 Å². The fraction of sp³-hybridized carbons (Fsp3) is 0.263. The Hall–Kier alpha value is -3.42. The van der Waals surface area contributed by atoms with Crippen LogP contribution in [0, 0.1) is 0 Å². The standard InChI is InChI=1S/C19H19NO7/c1-12(19(22)20-13-7-8-16-17(9-13)26-11-25-16)27-18(21)10-24-15-6-4-3-5-14(15)23-2/h3-9,12H,10-11H2,1-2H3,(H,20,22)/t12-/m0/s1. The first-order valence-electron chi connectivity index (χ1n) is 8.22. The Labute approximate surface area is 155 Å². The van der Waals surface area contributed by atoms with E-state index in [0.717, 1.165) is 0 Å². The van der Waals surface area contributed by atoms with E-state index in [1.807, 2.05) is 0 Å². The largest absolute Gasteiger partial charge is 0.493 e. The highest BCUT2D eigenvalue weighted by molar-refractivity contribution is 5.95. The molecule has 1 atom stereocenters. The number of carbonyl (C=O) groups is 2. The van der Waals surface area contributed by atoms with Crippen LogP contribution in [-0.2, 0) is 14.3 Å². The van der Waals surface area contributed by atoms with E-state index in [-0.39, 0.29) is 13.4 Å². The SMILES string of the molecule is COc1ccccc1OCC(=O)O[C@@H](C)C(=O)Nc1ccc2c(c1)OCO2. The highest BCUT2D eigenvalue weighted by Gasteiger charge is 2.20. The van der Waals surface area contributed by atoms with Crippen molar-refractivity contribution in [2.24, 2.45) is 0 Å². The second-order valence-corrected chi connectivity index (χ2v) is 5.63. The predicted molar refractivity (Wildman–Crippen MR) is 95.2 cm³/mol. The van der Waals surface area contributed by atoms with Gasteiger partial charge in [0.1, 0.15) is 0 Å². The number of para-hydroxylation sites is 2. The van der Waals surface area contributed by atoms with Crippen molar-refractivity contribution in [1.82, 2.24) is 0 Å². The number of esters is 1. The number of rotatable bonds is 7. The molecule has 0 spiro atoms. The summed E-state index contributed by atoms with van der Waals surface area (Å²) in [5, 5.41) is 2.66. The predicted octanol–water partition coefficient (Wildman–Crippen LogP) is 2.37. The van der Waals surface area contributed by atoms with E-state index in [2.05, 4.69) is 5.32 Å². The second-order valence-electron chi connectivity index (χ2n) is 5.63. The lowest BCUT2D eigenvalue weighted by atomic mass is 10.2. The summed E-state index contributed by atoms with van der Waals surface area (Å²) in [4.78, 5) is 24.1. The monoisotopic (exact) mass is 373 g/mol. The molecular formula is C19H19NO7. The summed E-state index contributed by atoms with van der Waals surface area (Å²) in [7, 11) is 1.50. The van der Waals surface area contributed by atoms with Gasteiger partial charge in [-0.1, -0.05) is 12.1 Å². The van der Waals surface area contributed by atoms with E-state index in [1.54, 1.807) is 42.5 Å². The molecule has 0 fully saturated rings. The number of anilines is 1. The zero-order valence-electron chi connectivity index (χ0n) is 14.9. The lowest BCUT2D eigenvalue weighted by Gasteiger charge is -2.14. The molecule has 3 rings (SSSR count). The van der Waals surface area contributed by atoms with Crippen LogP contribution in [0.15, 0.2) is 42.5 Å². The molecule has 0 saturated heterocycles. The van der Waals surface area contributed by atoms with Crippen molar-refractivity contribution in [1.29, 1.82) is 0 Å². The number of carbonyl (C=O) groups excluding carboxylic acids is 2. The zero-order valence-corrected chi connectivity index (χ0v) is 14.9. The number of benzene rings is 2. The van der Waals surface area contributed by atoms with E-state index in [4.69, 9.17) is 23.7 Å². The molecule has 27 heavy (non-hydrogen) atoms. The quantitative estimate of drug-likeness (QED) is 0.745. The number of ether oxygens (including phenoxy) is 5. The summed E-state index contributed by atoms with van der Waals surface area (Å²) in [5.74, 6) is 0.922. The van der Waals surface area contributed by atoms with Gasteiger partial charge in [-0.15, -0.1) is 0 Å².